The van der Waals surface area contributed by atoms with Crippen LogP contribution in [0.2, 0.25) is 0 Å². The van der Waals surface area contributed by atoms with E-state index < -0.39 is 41.4 Å². The molecule has 2 unspecified atom stereocenters. The maximum absolute atomic E-state index is 14.7. The number of benzene rings is 3. The molecule has 2 atom stereocenters. The number of fused-ring (bicyclic) bond motifs is 2. The van der Waals surface area contributed by atoms with Crippen LogP contribution >= 0.6 is 15.9 Å². The maximum atomic E-state index is 14.7. The van der Waals surface area contributed by atoms with Crippen LogP contribution in [0.3, 0.4) is 0 Å². The average molecular weight is 578 g/mol. The minimum Gasteiger partial charge on any atom is -0.394 e. The molecule has 0 spiro atoms. The van der Waals surface area contributed by atoms with E-state index in [-0.39, 0.29) is 11.9 Å². The van der Waals surface area contributed by atoms with Crippen molar-refractivity contribution in [2.24, 2.45) is 0 Å². The molecule has 0 amide bonds. The normalized spacial score (nSPS) is 14.8. The van der Waals surface area contributed by atoms with Crippen LogP contribution in [0.25, 0.3) is 27.5 Å². The van der Waals surface area contributed by atoms with Crippen LogP contribution in [0.5, 0.6) is 0 Å². The van der Waals surface area contributed by atoms with Crippen molar-refractivity contribution < 1.29 is 32.9 Å². The summed E-state index contributed by atoms with van der Waals surface area (Å²) in [5.74, 6) is -0.435. The summed E-state index contributed by atoms with van der Waals surface area (Å²) in [5, 5.41) is 35.4. The third-order valence-electron chi connectivity index (χ3n) is 6.32. The predicted molar refractivity (Wildman–Crippen MR) is 133 cm³/mol. The third kappa shape index (κ3) is 4.31. The van der Waals surface area contributed by atoms with Gasteiger partial charge in [-0.05, 0) is 54.1 Å². The smallest absolute Gasteiger partial charge is 0.394 e. The summed E-state index contributed by atoms with van der Waals surface area (Å²) in [7, 11) is 0. The third-order valence-corrected chi connectivity index (χ3v) is 6.81. The highest BCUT2D eigenvalue weighted by Gasteiger charge is 2.57. The summed E-state index contributed by atoms with van der Waals surface area (Å²) in [6, 6.07) is 13.9. The van der Waals surface area contributed by atoms with Crippen LogP contribution in [0.4, 0.5) is 17.6 Å². The lowest BCUT2D eigenvalue weighted by atomic mass is 9.85. The van der Waals surface area contributed by atoms with Gasteiger partial charge in [-0.3, -0.25) is 0 Å². The van der Waals surface area contributed by atoms with Gasteiger partial charge in [-0.1, -0.05) is 28.1 Å². The van der Waals surface area contributed by atoms with Crippen molar-refractivity contribution in [2.45, 2.75) is 24.4 Å². The molecular weight excluding hydrogens is 558 g/mol. The molecule has 0 aliphatic heterocycles. The lowest BCUT2D eigenvalue weighted by Gasteiger charge is -2.31. The van der Waals surface area contributed by atoms with Gasteiger partial charge in [-0.2, -0.15) is 18.3 Å². The molecule has 6 nitrogen and oxygen atoms in total. The molecular formula is C26H20BrF4N3O3. The standard InChI is InChI=1S/C26H20BrF4N3O3/c27-17-2-7-21-22(13-33(24(21)10-17)12-20(36)14-35)25(37,26(29,30)31)16-1-8-23-15(9-16)11-32-34(23)19-5-3-18(28)4-6-19/h1-11,13,20,35-37H,12,14H2. The molecule has 0 saturated heterocycles. The fourth-order valence-electron chi connectivity index (χ4n) is 4.51. The topological polar surface area (TPSA) is 83.4 Å². The zero-order valence-corrected chi connectivity index (χ0v) is 20.6. The summed E-state index contributed by atoms with van der Waals surface area (Å²) in [6.07, 6.45) is -3.81. The molecule has 2 aromatic heterocycles. The van der Waals surface area contributed by atoms with Crippen molar-refractivity contribution >= 4 is 37.7 Å². The number of hydrogen-bond acceptors (Lipinski definition) is 4. The van der Waals surface area contributed by atoms with Crippen molar-refractivity contribution in [1.29, 1.82) is 0 Å². The Hall–Kier alpha value is -3.25. The maximum Gasteiger partial charge on any atom is 0.425 e. The number of aliphatic hydroxyl groups is 3. The summed E-state index contributed by atoms with van der Waals surface area (Å²) >= 11 is 3.31. The second-order valence-corrected chi connectivity index (χ2v) is 9.62. The minimum absolute atomic E-state index is 0.135. The van der Waals surface area contributed by atoms with Gasteiger partial charge in [0, 0.05) is 32.5 Å². The first kappa shape index (κ1) is 25.4. The zero-order chi connectivity index (χ0) is 26.5. The summed E-state index contributed by atoms with van der Waals surface area (Å²) in [5.41, 5.74) is -2.91. The monoisotopic (exact) mass is 577 g/mol. The molecule has 0 radical (unpaired) electrons. The lowest BCUT2D eigenvalue weighted by molar-refractivity contribution is -0.247. The molecule has 0 bridgehead atoms. The molecule has 5 rings (SSSR count). The van der Waals surface area contributed by atoms with E-state index in [2.05, 4.69) is 21.0 Å². The highest BCUT2D eigenvalue weighted by atomic mass is 79.9. The molecule has 192 valence electrons. The zero-order valence-electron chi connectivity index (χ0n) is 19.0. The van der Waals surface area contributed by atoms with E-state index in [1.807, 2.05) is 0 Å². The van der Waals surface area contributed by atoms with Gasteiger partial charge in [0.2, 0.25) is 5.60 Å². The van der Waals surface area contributed by atoms with Crippen LogP contribution in [0.1, 0.15) is 11.1 Å². The predicted octanol–water partition coefficient (Wildman–Crippen LogP) is 5.03. The molecule has 0 aliphatic carbocycles. The van der Waals surface area contributed by atoms with Gasteiger partial charge in [-0.25, -0.2) is 9.07 Å². The second kappa shape index (κ2) is 9.25. The largest absolute Gasteiger partial charge is 0.425 e. The van der Waals surface area contributed by atoms with E-state index >= 15 is 0 Å². The fraction of sp³-hybridized carbons (Fsp3) is 0.192. The number of aliphatic hydroxyl groups excluding tert-OH is 2. The summed E-state index contributed by atoms with van der Waals surface area (Å²) in [6.45, 7) is -0.762. The van der Waals surface area contributed by atoms with Gasteiger partial charge in [0.1, 0.15) is 5.82 Å². The van der Waals surface area contributed by atoms with Gasteiger partial charge >= 0.3 is 6.18 Å². The Morgan fingerprint density at radius 2 is 1.70 bits per heavy atom. The SMILES string of the molecule is OCC(O)Cn1cc(C(O)(c2ccc3c(cnn3-c3ccc(F)cc3)c2)C(F)(F)F)c2ccc(Br)cc21. The van der Waals surface area contributed by atoms with Crippen LogP contribution in [-0.2, 0) is 12.1 Å². The van der Waals surface area contributed by atoms with Crippen LogP contribution in [-0.4, -0.2) is 48.6 Å². The Morgan fingerprint density at radius 3 is 2.38 bits per heavy atom. The fourth-order valence-corrected chi connectivity index (χ4v) is 4.86. The van der Waals surface area contributed by atoms with E-state index in [9.17, 15) is 32.9 Å². The van der Waals surface area contributed by atoms with Gasteiger partial charge < -0.3 is 19.9 Å². The number of hydrogen-bond donors (Lipinski definition) is 3. The summed E-state index contributed by atoms with van der Waals surface area (Å²) in [4.78, 5) is 0. The van der Waals surface area contributed by atoms with E-state index in [0.29, 0.717) is 26.6 Å². The first-order valence-electron chi connectivity index (χ1n) is 11.1. The first-order chi connectivity index (χ1) is 17.5. The van der Waals surface area contributed by atoms with Crippen molar-refractivity contribution in [2.75, 3.05) is 6.61 Å². The quantitative estimate of drug-likeness (QED) is 0.247. The summed E-state index contributed by atoms with van der Waals surface area (Å²) < 4.78 is 60.9. The average Bonchev–Trinajstić information content (AvgIpc) is 3.44. The number of nitrogens with zero attached hydrogens (tertiary/aromatic N) is 3. The van der Waals surface area contributed by atoms with Gasteiger partial charge in [0.05, 0.1) is 36.7 Å². The Balaban J connectivity index is 1.70. The van der Waals surface area contributed by atoms with E-state index in [1.54, 1.807) is 12.1 Å². The van der Waals surface area contributed by atoms with Gasteiger partial charge in [-0.15, -0.1) is 0 Å². The van der Waals surface area contributed by atoms with Crippen LogP contribution in [0.15, 0.2) is 77.5 Å². The van der Waals surface area contributed by atoms with Crippen LogP contribution < -0.4 is 0 Å². The van der Waals surface area contributed by atoms with Gasteiger partial charge in [0.15, 0.2) is 0 Å². The van der Waals surface area contributed by atoms with Crippen molar-refractivity contribution in [3.63, 3.8) is 0 Å². The number of alkyl halides is 3. The van der Waals surface area contributed by atoms with Crippen LogP contribution in [0, 0.1) is 5.82 Å². The highest BCUT2D eigenvalue weighted by Crippen LogP contribution is 2.48. The number of rotatable bonds is 6. The Bertz CT molecular complexity index is 1600. The highest BCUT2D eigenvalue weighted by molar-refractivity contribution is 9.10. The molecule has 2 heterocycles. The molecule has 0 fully saturated rings. The van der Waals surface area contributed by atoms with E-state index in [1.165, 1.54) is 64.0 Å². The lowest BCUT2D eigenvalue weighted by Crippen LogP contribution is -2.43. The molecule has 0 saturated carbocycles. The van der Waals surface area contributed by atoms with Gasteiger partial charge in [0.25, 0.3) is 0 Å². The van der Waals surface area contributed by atoms with Crippen molar-refractivity contribution in [1.82, 2.24) is 14.3 Å². The molecule has 3 N–H and O–H groups in total. The van der Waals surface area contributed by atoms with Crippen molar-refractivity contribution in [3.05, 3.63) is 94.5 Å². The number of halogens is 5. The second-order valence-electron chi connectivity index (χ2n) is 8.71. The molecule has 0 aliphatic rings. The Kier molecular flexibility index (Phi) is 6.35. The first-order valence-corrected chi connectivity index (χ1v) is 11.9. The minimum atomic E-state index is -5.12. The molecule has 5 aromatic rings. The van der Waals surface area contributed by atoms with Crippen molar-refractivity contribution in [3.8, 4) is 5.69 Å². The Morgan fingerprint density at radius 1 is 0.973 bits per heavy atom. The van der Waals surface area contributed by atoms with E-state index in [4.69, 9.17) is 0 Å². The molecule has 3 aromatic carbocycles. The van der Waals surface area contributed by atoms with E-state index in [0.717, 1.165) is 6.20 Å². The molecule has 11 heteroatoms. The number of aromatic nitrogens is 3. The molecule has 37 heavy (non-hydrogen) atoms. The Labute approximate surface area is 216 Å².